The zero-order valence-electron chi connectivity index (χ0n) is 14.3. The van der Waals surface area contributed by atoms with Gasteiger partial charge < -0.3 is 9.47 Å². The Morgan fingerprint density at radius 1 is 1.17 bits per heavy atom. The maximum Gasteiger partial charge on any atom is 0.130 e. The van der Waals surface area contributed by atoms with Gasteiger partial charge in [-0.3, -0.25) is 0 Å². The van der Waals surface area contributed by atoms with Gasteiger partial charge in [0.2, 0.25) is 0 Å². The Balaban J connectivity index is 1.46. The predicted molar refractivity (Wildman–Crippen MR) is 92.0 cm³/mol. The van der Waals surface area contributed by atoms with E-state index in [1.54, 1.807) is 6.07 Å². The van der Waals surface area contributed by atoms with Gasteiger partial charge in [-0.2, -0.15) is 0 Å². The first-order valence-electron chi connectivity index (χ1n) is 8.71. The van der Waals surface area contributed by atoms with Crippen LogP contribution in [0.2, 0.25) is 0 Å². The Morgan fingerprint density at radius 2 is 1.92 bits per heavy atom. The van der Waals surface area contributed by atoms with Gasteiger partial charge in [-0.1, -0.05) is 12.1 Å². The summed E-state index contributed by atoms with van der Waals surface area (Å²) in [4.78, 5) is 0. The second-order valence-corrected chi connectivity index (χ2v) is 7.67. The summed E-state index contributed by atoms with van der Waals surface area (Å²) in [6, 6.07) is 11.3. The van der Waals surface area contributed by atoms with Crippen molar-refractivity contribution in [3.05, 3.63) is 58.9 Å². The van der Waals surface area contributed by atoms with Crippen LogP contribution in [0.1, 0.15) is 43.4 Å². The molecule has 1 fully saturated rings. The van der Waals surface area contributed by atoms with Crippen LogP contribution in [0.25, 0.3) is 0 Å². The third kappa shape index (κ3) is 3.40. The minimum atomic E-state index is -0.282. The second-order valence-electron chi connectivity index (χ2n) is 7.67. The van der Waals surface area contributed by atoms with Crippen LogP contribution < -0.4 is 9.47 Å². The smallest absolute Gasteiger partial charge is 0.130 e. The summed E-state index contributed by atoms with van der Waals surface area (Å²) in [5.41, 5.74) is 2.78. The average Bonchev–Trinajstić information content (AvgIpc) is 3.27. The molecule has 0 N–H and O–H groups in total. The van der Waals surface area contributed by atoms with E-state index in [1.807, 2.05) is 26.0 Å². The van der Waals surface area contributed by atoms with E-state index in [0.717, 1.165) is 35.0 Å². The second kappa shape index (κ2) is 5.80. The Labute approximate surface area is 142 Å². The van der Waals surface area contributed by atoms with Crippen LogP contribution in [-0.4, -0.2) is 5.60 Å². The van der Waals surface area contributed by atoms with Crippen LogP contribution in [-0.2, 0) is 19.4 Å². The van der Waals surface area contributed by atoms with Gasteiger partial charge in [0.05, 0.1) is 0 Å². The van der Waals surface area contributed by atoms with Crippen LogP contribution in [0.15, 0.2) is 36.4 Å². The SMILES string of the molecule is CC1(C)Cc2cc(F)cc(COc3ccc(CC4CC4)cc3)c2O1. The first kappa shape index (κ1) is 15.5. The molecule has 1 aliphatic heterocycles. The third-order valence-corrected chi connectivity index (χ3v) is 4.74. The highest BCUT2D eigenvalue weighted by atomic mass is 19.1. The zero-order valence-corrected chi connectivity index (χ0v) is 14.3. The number of fused-ring (bicyclic) bond motifs is 1. The normalized spacial score (nSPS) is 18.1. The topological polar surface area (TPSA) is 18.5 Å². The van der Waals surface area contributed by atoms with Gasteiger partial charge in [-0.15, -0.1) is 0 Å². The van der Waals surface area contributed by atoms with E-state index in [9.17, 15) is 4.39 Å². The largest absolute Gasteiger partial charge is 0.489 e. The quantitative estimate of drug-likeness (QED) is 0.763. The molecule has 0 amide bonds. The van der Waals surface area contributed by atoms with Crippen LogP contribution in [0, 0.1) is 11.7 Å². The zero-order chi connectivity index (χ0) is 16.7. The lowest BCUT2D eigenvalue weighted by Crippen LogP contribution is -2.25. The molecule has 4 rings (SSSR count). The van der Waals surface area contributed by atoms with Gasteiger partial charge in [0, 0.05) is 17.5 Å². The molecule has 1 heterocycles. The molecule has 24 heavy (non-hydrogen) atoms. The number of ether oxygens (including phenoxy) is 2. The molecule has 3 heteroatoms. The van der Waals surface area contributed by atoms with Crippen LogP contribution in [0.5, 0.6) is 11.5 Å². The van der Waals surface area contributed by atoms with Crippen LogP contribution in [0.3, 0.4) is 0 Å². The Morgan fingerprint density at radius 3 is 2.62 bits per heavy atom. The van der Waals surface area contributed by atoms with Crippen LogP contribution >= 0.6 is 0 Å². The van der Waals surface area contributed by atoms with Crippen molar-refractivity contribution < 1.29 is 13.9 Å². The van der Waals surface area contributed by atoms with E-state index < -0.39 is 0 Å². The Bertz CT molecular complexity index is 745. The maximum atomic E-state index is 13.9. The van der Waals surface area contributed by atoms with Gasteiger partial charge in [0.1, 0.15) is 29.5 Å². The van der Waals surface area contributed by atoms with E-state index in [-0.39, 0.29) is 11.4 Å². The molecular weight excluding hydrogens is 303 g/mol. The molecule has 2 nitrogen and oxygen atoms in total. The van der Waals surface area contributed by atoms with Gasteiger partial charge in [0.15, 0.2) is 0 Å². The van der Waals surface area contributed by atoms with E-state index in [1.165, 1.54) is 30.9 Å². The summed E-state index contributed by atoms with van der Waals surface area (Å²) < 4.78 is 25.7. The number of hydrogen-bond acceptors (Lipinski definition) is 2. The minimum Gasteiger partial charge on any atom is -0.489 e. The lowest BCUT2D eigenvalue weighted by Gasteiger charge is -2.18. The summed E-state index contributed by atoms with van der Waals surface area (Å²) >= 11 is 0. The van der Waals surface area contributed by atoms with Crippen molar-refractivity contribution in [3.8, 4) is 11.5 Å². The highest BCUT2D eigenvalue weighted by molar-refractivity contribution is 5.46. The van der Waals surface area contributed by atoms with Crippen molar-refractivity contribution in [3.63, 3.8) is 0 Å². The molecule has 2 aliphatic rings. The van der Waals surface area contributed by atoms with Crippen molar-refractivity contribution in [2.75, 3.05) is 0 Å². The third-order valence-electron chi connectivity index (χ3n) is 4.74. The standard InChI is InChI=1S/C21H23FO2/c1-21(2)12-16-10-18(22)11-17(20(16)24-21)13-23-19-7-5-15(6-8-19)9-14-3-4-14/h5-8,10-11,14H,3-4,9,12-13H2,1-2H3. The molecule has 1 saturated carbocycles. The Hall–Kier alpha value is -2.03. The fourth-order valence-electron chi connectivity index (χ4n) is 3.39. The molecule has 0 saturated heterocycles. The number of rotatable bonds is 5. The molecule has 0 radical (unpaired) electrons. The molecule has 2 aromatic rings. The number of halogens is 1. The van der Waals surface area contributed by atoms with Gasteiger partial charge in [0.25, 0.3) is 0 Å². The summed E-state index contributed by atoms with van der Waals surface area (Å²) in [5, 5.41) is 0. The van der Waals surface area contributed by atoms with Gasteiger partial charge in [-0.05, 0) is 68.9 Å². The fraction of sp³-hybridized carbons (Fsp3) is 0.429. The van der Waals surface area contributed by atoms with Crippen molar-refractivity contribution in [1.29, 1.82) is 0 Å². The maximum absolute atomic E-state index is 13.9. The summed E-state index contributed by atoms with van der Waals surface area (Å²) in [7, 11) is 0. The molecule has 2 aromatic carbocycles. The highest BCUT2D eigenvalue weighted by Gasteiger charge is 2.32. The predicted octanol–water partition coefficient (Wildman–Crippen LogP) is 5.07. The summed E-state index contributed by atoms with van der Waals surface area (Å²) in [6.45, 7) is 4.36. The van der Waals surface area contributed by atoms with Gasteiger partial charge >= 0.3 is 0 Å². The molecular formula is C21H23FO2. The van der Waals surface area contributed by atoms with Crippen LogP contribution in [0.4, 0.5) is 4.39 Å². The molecule has 126 valence electrons. The molecule has 1 aliphatic carbocycles. The van der Waals surface area contributed by atoms with E-state index in [4.69, 9.17) is 9.47 Å². The van der Waals surface area contributed by atoms with Gasteiger partial charge in [-0.25, -0.2) is 4.39 Å². The first-order valence-corrected chi connectivity index (χ1v) is 8.71. The van der Waals surface area contributed by atoms with Crippen molar-refractivity contribution in [1.82, 2.24) is 0 Å². The Kier molecular flexibility index (Phi) is 3.75. The number of benzene rings is 2. The molecule has 0 spiro atoms. The summed E-state index contributed by atoms with van der Waals surface area (Å²) in [6.07, 6.45) is 4.61. The fourth-order valence-corrected chi connectivity index (χ4v) is 3.39. The molecule has 0 unspecified atom stereocenters. The monoisotopic (exact) mass is 326 g/mol. The van der Waals surface area contributed by atoms with Crippen molar-refractivity contribution in [2.45, 2.75) is 51.7 Å². The average molecular weight is 326 g/mol. The highest BCUT2D eigenvalue weighted by Crippen LogP contribution is 2.39. The van der Waals surface area contributed by atoms with Crippen molar-refractivity contribution >= 4 is 0 Å². The molecule has 0 aromatic heterocycles. The van der Waals surface area contributed by atoms with E-state index in [2.05, 4.69) is 12.1 Å². The number of hydrogen-bond donors (Lipinski definition) is 0. The first-order chi connectivity index (χ1) is 11.5. The minimum absolute atomic E-state index is 0.228. The molecule has 0 atom stereocenters. The van der Waals surface area contributed by atoms with Crippen molar-refractivity contribution in [2.24, 2.45) is 5.92 Å². The summed E-state index contributed by atoms with van der Waals surface area (Å²) in [5.74, 6) is 2.25. The van der Waals surface area contributed by atoms with E-state index in [0.29, 0.717) is 6.61 Å². The van der Waals surface area contributed by atoms with E-state index >= 15 is 0 Å². The lowest BCUT2D eigenvalue weighted by molar-refractivity contribution is 0.135. The lowest BCUT2D eigenvalue weighted by atomic mass is 10.0. The molecule has 0 bridgehead atoms.